The molecule has 4 rings (SSSR count). The Morgan fingerprint density at radius 1 is 1.08 bits per heavy atom. The fourth-order valence-electron chi connectivity index (χ4n) is 3.64. The Balaban J connectivity index is 1.10. The van der Waals surface area contributed by atoms with Gasteiger partial charge < -0.3 is 20.3 Å². The summed E-state index contributed by atoms with van der Waals surface area (Å²) in [7, 11) is 3.77. The lowest BCUT2D eigenvalue weighted by atomic mass is 10.2. The third kappa shape index (κ3) is 8.26. The predicted molar refractivity (Wildman–Crippen MR) is 153 cm³/mol. The highest BCUT2D eigenvalue weighted by Gasteiger charge is 2.08. The number of hydrogen-bond acceptors (Lipinski definition) is 7. The summed E-state index contributed by atoms with van der Waals surface area (Å²) in [5.74, 6) is 2.57. The Morgan fingerprint density at radius 2 is 1.86 bits per heavy atom. The average molecular weight is 539 g/mol. The van der Waals surface area contributed by atoms with Crippen LogP contribution < -0.4 is 15.4 Å². The molecule has 0 saturated carbocycles. The molecule has 0 aliphatic rings. The minimum absolute atomic E-state index is 0.0825. The van der Waals surface area contributed by atoms with E-state index in [2.05, 4.69) is 39.7 Å². The Labute approximate surface area is 225 Å². The summed E-state index contributed by atoms with van der Waals surface area (Å²) in [5, 5.41) is 6.95. The molecule has 2 N–H and O–H groups in total. The molecular weight excluding hydrogens is 507 g/mol. The van der Waals surface area contributed by atoms with Gasteiger partial charge in [-0.05, 0) is 67.2 Å². The molecule has 0 saturated heterocycles. The van der Waals surface area contributed by atoms with Crippen LogP contribution >= 0.6 is 23.1 Å². The summed E-state index contributed by atoms with van der Waals surface area (Å²) in [6.07, 6.45) is 0. The van der Waals surface area contributed by atoms with Gasteiger partial charge in [-0.25, -0.2) is 9.37 Å². The molecular formula is C28H31FN4O2S2. The molecule has 0 aliphatic heterocycles. The van der Waals surface area contributed by atoms with Crippen LogP contribution in [0.25, 0.3) is 20.8 Å². The van der Waals surface area contributed by atoms with Gasteiger partial charge in [0.15, 0.2) is 0 Å². The van der Waals surface area contributed by atoms with Gasteiger partial charge in [0.1, 0.15) is 16.6 Å². The van der Waals surface area contributed by atoms with Crippen LogP contribution in [0.5, 0.6) is 5.75 Å². The van der Waals surface area contributed by atoms with Gasteiger partial charge in [0.2, 0.25) is 5.91 Å². The van der Waals surface area contributed by atoms with E-state index in [1.807, 2.05) is 48.2 Å². The minimum Gasteiger partial charge on any atom is -0.497 e. The van der Waals surface area contributed by atoms with Crippen molar-refractivity contribution in [3.8, 4) is 16.3 Å². The second kappa shape index (κ2) is 13.5. The predicted octanol–water partition coefficient (Wildman–Crippen LogP) is 5.50. The largest absolute Gasteiger partial charge is 0.497 e. The number of nitrogens with one attached hydrogen (secondary N) is 2. The first-order chi connectivity index (χ1) is 18.0. The number of thioether (sulfide) groups is 1. The van der Waals surface area contributed by atoms with Gasteiger partial charge in [-0.1, -0.05) is 12.1 Å². The standard InChI is InChI=1S/C28H31FN4O2S2/c1-33(15-16-36-19-20-3-10-24(35-2)11-4-20)14-13-30-18-27(34)31-23-8-5-21(6-9-23)28-32-25-12-7-22(29)17-26(25)37-28/h3-12,17,30H,13-16,18-19H2,1-2H3,(H,31,34). The molecule has 1 amide bonds. The number of halogens is 1. The van der Waals surface area contributed by atoms with E-state index in [9.17, 15) is 9.18 Å². The third-order valence-electron chi connectivity index (χ3n) is 5.77. The molecule has 0 fully saturated rings. The summed E-state index contributed by atoms with van der Waals surface area (Å²) in [5.41, 5.74) is 3.74. The molecule has 1 heterocycles. The van der Waals surface area contributed by atoms with Crippen molar-refractivity contribution < 1.29 is 13.9 Å². The molecule has 3 aromatic carbocycles. The number of carbonyl (C=O) groups excluding carboxylic acids is 1. The van der Waals surface area contributed by atoms with E-state index in [0.29, 0.717) is 0 Å². The molecule has 0 bridgehead atoms. The Kier molecular flexibility index (Phi) is 9.90. The number of thiazole rings is 1. The second-order valence-corrected chi connectivity index (χ2v) is 10.8. The van der Waals surface area contributed by atoms with Crippen molar-refractivity contribution in [3.63, 3.8) is 0 Å². The molecule has 6 nitrogen and oxygen atoms in total. The molecule has 0 spiro atoms. The zero-order valence-electron chi connectivity index (χ0n) is 21.0. The van der Waals surface area contributed by atoms with E-state index in [-0.39, 0.29) is 18.3 Å². The van der Waals surface area contributed by atoms with Crippen molar-refractivity contribution in [2.75, 3.05) is 51.4 Å². The zero-order valence-corrected chi connectivity index (χ0v) is 22.6. The third-order valence-corrected chi connectivity index (χ3v) is 7.84. The molecule has 194 valence electrons. The van der Waals surface area contributed by atoms with Crippen LogP contribution in [0.1, 0.15) is 5.56 Å². The van der Waals surface area contributed by atoms with Crippen LogP contribution in [0.2, 0.25) is 0 Å². The Hall–Kier alpha value is -2.98. The molecule has 0 atom stereocenters. The van der Waals surface area contributed by atoms with E-state index in [1.165, 1.54) is 29.0 Å². The number of ether oxygens (including phenoxy) is 1. The zero-order chi connectivity index (χ0) is 26.0. The highest BCUT2D eigenvalue weighted by atomic mass is 32.2. The first-order valence-corrected chi connectivity index (χ1v) is 14.0. The van der Waals surface area contributed by atoms with E-state index >= 15 is 0 Å². The highest BCUT2D eigenvalue weighted by Crippen LogP contribution is 2.31. The number of anilines is 1. The SMILES string of the molecule is COc1ccc(CSCCN(C)CCNCC(=O)Nc2ccc(-c3nc4ccc(F)cc4s3)cc2)cc1. The van der Waals surface area contributed by atoms with Gasteiger partial charge in [0.25, 0.3) is 0 Å². The van der Waals surface area contributed by atoms with E-state index < -0.39 is 0 Å². The van der Waals surface area contributed by atoms with Crippen LogP contribution in [-0.4, -0.2) is 61.9 Å². The lowest BCUT2D eigenvalue weighted by Gasteiger charge is -2.16. The van der Waals surface area contributed by atoms with Crippen LogP contribution in [-0.2, 0) is 10.5 Å². The van der Waals surface area contributed by atoms with Crippen LogP contribution in [0.15, 0.2) is 66.7 Å². The summed E-state index contributed by atoms with van der Waals surface area (Å²) in [4.78, 5) is 19.1. The van der Waals surface area contributed by atoms with Gasteiger partial charge in [-0.2, -0.15) is 11.8 Å². The maximum Gasteiger partial charge on any atom is 0.238 e. The van der Waals surface area contributed by atoms with Crippen molar-refractivity contribution in [1.82, 2.24) is 15.2 Å². The highest BCUT2D eigenvalue weighted by molar-refractivity contribution is 7.98. The number of fused-ring (bicyclic) bond motifs is 1. The van der Waals surface area contributed by atoms with Crippen molar-refractivity contribution in [1.29, 1.82) is 0 Å². The number of carbonyl (C=O) groups is 1. The Morgan fingerprint density at radius 3 is 2.62 bits per heavy atom. The van der Waals surface area contributed by atoms with Crippen LogP contribution in [0.3, 0.4) is 0 Å². The topological polar surface area (TPSA) is 66.5 Å². The number of benzene rings is 3. The first-order valence-electron chi connectivity index (χ1n) is 12.1. The molecule has 0 unspecified atom stereocenters. The number of nitrogens with zero attached hydrogens (tertiary/aromatic N) is 2. The molecule has 4 aromatic rings. The molecule has 0 radical (unpaired) electrons. The van der Waals surface area contributed by atoms with Gasteiger partial charge in [-0.3, -0.25) is 4.79 Å². The number of rotatable bonds is 13. The first kappa shape index (κ1) is 27.1. The number of likely N-dealkylation sites (N-methyl/N-ethyl adjacent to an activating group) is 1. The smallest absolute Gasteiger partial charge is 0.238 e. The number of hydrogen-bond donors (Lipinski definition) is 2. The van der Waals surface area contributed by atoms with Gasteiger partial charge in [-0.15, -0.1) is 11.3 Å². The lowest BCUT2D eigenvalue weighted by molar-refractivity contribution is -0.115. The maximum absolute atomic E-state index is 13.4. The molecule has 0 aliphatic carbocycles. The van der Waals surface area contributed by atoms with Gasteiger partial charge >= 0.3 is 0 Å². The van der Waals surface area contributed by atoms with Crippen molar-refractivity contribution >= 4 is 44.9 Å². The van der Waals surface area contributed by atoms with Crippen LogP contribution in [0, 0.1) is 5.82 Å². The minimum atomic E-state index is -0.263. The Bertz CT molecular complexity index is 1300. The molecule has 37 heavy (non-hydrogen) atoms. The number of amides is 1. The average Bonchev–Trinajstić information content (AvgIpc) is 3.33. The summed E-state index contributed by atoms with van der Waals surface area (Å²) < 4.78 is 19.4. The van der Waals surface area contributed by atoms with Crippen molar-refractivity contribution in [2.24, 2.45) is 0 Å². The summed E-state index contributed by atoms with van der Waals surface area (Å²) in [6, 6.07) is 20.3. The monoisotopic (exact) mass is 538 g/mol. The van der Waals surface area contributed by atoms with Crippen LogP contribution in [0.4, 0.5) is 10.1 Å². The van der Waals surface area contributed by atoms with Crippen molar-refractivity contribution in [3.05, 3.63) is 78.1 Å². The number of aromatic nitrogens is 1. The summed E-state index contributed by atoms with van der Waals surface area (Å²) >= 11 is 3.36. The lowest BCUT2D eigenvalue weighted by Crippen LogP contribution is -2.35. The van der Waals surface area contributed by atoms with Gasteiger partial charge in [0.05, 0.1) is 23.9 Å². The van der Waals surface area contributed by atoms with E-state index in [4.69, 9.17) is 4.74 Å². The second-order valence-electron chi connectivity index (χ2n) is 8.64. The van der Waals surface area contributed by atoms with E-state index in [0.717, 1.165) is 63.4 Å². The normalized spacial score (nSPS) is 11.2. The summed E-state index contributed by atoms with van der Waals surface area (Å²) in [6.45, 7) is 2.86. The van der Waals surface area contributed by atoms with E-state index in [1.54, 1.807) is 13.2 Å². The quantitative estimate of drug-likeness (QED) is 0.219. The fourth-order valence-corrected chi connectivity index (χ4v) is 5.65. The maximum atomic E-state index is 13.4. The fraction of sp³-hybridized carbons (Fsp3) is 0.286. The van der Waals surface area contributed by atoms with Crippen molar-refractivity contribution in [2.45, 2.75) is 5.75 Å². The molecule has 1 aromatic heterocycles. The molecule has 9 heteroatoms. The number of methoxy groups -OCH3 is 1. The van der Waals surface area contributed by atoms with Gasteiger partial charge in [0, 0.05) is 42.4 Å².